The molecule has 8 heteroatoms. The highest BCUT2D eigenvalue weighted by Gasteiger charge is 2.25. The molecule has 2 N–H and O–H groups in total. The van der Waals surface area contributed by atoms with Gasteiger partial charge in [0.25, 0.3) is 5.91 Å². The third-order valence-corrected chi connectivity index (χ3v) is 7.08. The maximum Gasteiger partial charge on any atom is 0.255 e. The minimum absolute atomic E-state index is 0.141. The van der Waals surface area contributed by atoms with E-state index in [0.717, 1.165) is 31.7 Å². The molecule has 1 fully saturated rings. The summed E-state index contributed by atoms with van der Waals surface area (Å²) >= 11 is 0. The fourth-order valence-electron chi connectivity index (χ4n) is 3.84. The highest BCUT2D eigenvalue weighted by molar-refractivity contribution is 7.89. The number of rotatable bonds is 9. The van der Waals surface area contributed by atoms with Crippen LogP contribution in [0.2, 0.25) is 0 Å². The first-order valence-corrected chi connectivity index (χ1v) is 13.0. The molecule has 3 aromatic rings. The molecule has 0 bridgehead atoms. The number of ether oxygens (including phenoxy) is 1. The van der Waals surface area contributed by atoms with Gasteiger partial charge in [-0.2, -0.15) is 0 Å². The van der Waals surface area contributed by atoms with Crippen molar-refractivity contribution < 1.29 is 17.9 Å². The van der Waals surface area contributed by atoms with Gasteiger partial charge in [0, 0.05) is 30.9 Å². The van der Waals surface area contributed by atoms with E-state index in [4.69, 9.17) is 4.74 Å². The van der Waals surface area contributed by atoms with Crippen LogP contribution in [0.25, 0.3) is 0 Å². The number of para-hydroxylation sites is 1. The van der Waals surface area contributed by atoms with E-state index in [0.29, 0.717) is 30.1 Å². The van der Waals surface area contributed by atoms with Crippen LogP contribution < -0.4 is 19.7 Å². The second kappa shape index (κ2) is 10.7. The van der Waals surface area contributed by atoms with Gasteiger partial charge in [-0.25, -0.2) is 13.1 Å². The summed E-state index contributed by atoms with van der Waals surface area (Å²) in [6.45, 7) is 3.86. The standard InChI is InChI=1S/C26H29N3O4S/c1-2-16-27-34(31,32)25-19-20(10-15-24(25)29-17-6-7-18-29)26(30)28-21-11-13-23(14-12-21)33-22-8-4-3-5-9-22/h3-5,8-15,19,27H,2,6-7,16-18H2,1H3,(H,28,30). The topological polar surface area (TPSA) is 87.7 Å². The Morgan fingerprint density at radius 2 is 1.62 bits per heavy atom. The average Bonchev–Trinajstić information content (AvgIpc) is 3.39. The molecule has 3 aromatic carbocycles. The third-order valence-electron chi connectivity index (χ3n) is 5.59. The molecule has 0 atom stereocenters. The first kappa shape index (κ1) is 23.8. The Hall–Kier alpha value is -3.36. The van der Waals surface area contributed by atoms with Crippen LogP contribution in [0.1, 0.15) is 36.5 Å². The molecule has 7 nitrogen and oxygen atoms in total. The Balaban J connectivity index is 1.53. The average molecular weight is 480 g/mol. The van der Waals surface area contributed by atoms with Crippen LogP contribution >= 0.6 is 0 Å². The normalized spacial score (nSPS) is 13.6. The van der Waals surface area contributed by atoms with Gasteiger partial charge in [-0.05, 0) is 73.9 Å². The summed E-state index contributed by atoms with van der Waals surface area (Å²) in [5, 5.41) is 2.84. The summed E-state index contributed by atoms with van der Waals surface area (Å²) < 4.78 is 34.4. The molecule has 1 saturated heterocycles. The van der Waals surface area contributed by atoms with E-state index < -0.39 is 10.0 Å². The van der Waals surface area contributed by atoms with E-state index in [1.165, 1.54) is 6.07 Å². The van der Waals surface area contributed by atoms with E-state index in [-0.39, 0.29) is 16.4 Å². The molecule has 1 aliphatic heterocycles. The van der Waals surface area contributed by atoms with E-state index in [9.17, 15) is 13.2 Å². The van der Waals surface area contributed by atoms with Gasteiger partial charge in [-0.3, -0.25) is 4.79 Å². The number of amides is 1. The second-order valence-electron chi connectivity index (χ2n) is 8.17. The molecule has 0 aliphatic carbocycles. The smallest absolute Gasteiger partial charge is 0.255 e. The van der Waals surface area contributed by atoms with E-state index in [1.54, 1.807) is 36.4 Å². The lowest BCUT2D eigenvalue weighted by atomic mass is 10.1. The second-order valence-corrected chi connectivity index (χ2v) is 9.90. The summed E-state index contributed by atoms with van der Waals surface area (Å²) in [4.78, 5) is 15.1. The molecule has 1 heterocycles. The molecule has 0 unspecified atom stereocenters. The number of hydrogen-bond donors (Lipinski definition) is 2. The number of nitrogens with one attached hydrogen (secondary N) is 2. The summed E-state index contributed by atoms with van der Waals surface area (Å²) in [7, 11) is -3.74. The molecule has 1 aliphatic rings. The van der Waals surface area contributed by atoms with Crippen molar-refractivity contribution in [1.82, 2.24) is 4.72 Å². The predicted molar refractivity (Wildman–Crippen MR) is 134 cm³/mol. The van der Waals surface area contributed by atoms with Crippen molar-refractivity contribution in [1.29, 1.82) is 0 Å². The lowest BCUT2D eigenvalue weighted by molar-refractivity contribution is 0.102. The van der Waals surface area contributed by atoms with Gasteiger partial charge in [-0.1, -0.05) is 25.1 Å². The van der Waals surface area contributed by atoms with Gasteiger partial charge in [0.2, 0.25) is 10.0 Å². The number of sulfonamides is 1. The SMILES string of the molecule is CCCNS(=O)(=O)c1cc(C(=O)Nc2ccc(Oc3ccccc3)cc2)ccc1N1CCCC1. The zero-order valence-electron chi connectivity index (χ0n) is 19.2. The van der Waals surface area contributed by atoms with Gasteiger partial charge in [0.15, 0.2) is 0 Å². The zero-order valence-corrected chi connectivity index (χ0v) is 20.0. The van der Waals surface area contributed by atoms with Crippen molar-refractivity contribution in [2.24, 2.45) is 0 Å². The monoisotopic (exact) mass is 479 g/mol. The number of hydrogen-bond acceptors (Lipinski definition) is 5. The largest absolute Gasteiger partial charge is 0.457 e. The van der Waals surface area contributed by atoms with Crippen molar-refractivity contribution in [2.75, 3.05) is 29.9 Å². The molecule has 0 spiro atoms. The molecular weight excluding hydrogens is 450 g/mol. The van der Waals surface area contributed by atoms with Gasteiger partial charge in [-0.15, -0.1) is 0 Å². The Morgan fingerprint density at radius 1 is 0.941 bits per heavy atom. The Labute approximate surface area is 200 Å². The first-order chi connectivity index (χ1) is 16.5. The van der Waals surface area contributed by atoms with Crippen LogP contribution in [0, 0.1) is 0 Å². The van der Waals surface area contributed by atoms with E-state index in [1.807, 2.05) is 37.3 Å². The van der Waals surface area contributed by atoms with Gasteiger partial charge < -0.3 is 15.0 Å². The molecule has 178 valence electrons. The number of carbonyl (C=O) groups excluding carboxylic acids is 1. The Kier molecular flexibility index (Phi) is 7.49. The minimum atomic E-state index is -3.74. The third kappa shape index (κ3) is 5.76. The van der Waals surface area contributed by atoms with Crippen LogP contribution in [0.5, 0.6) is 11.5 Å². The first-order valence-electron chi connectivity index (χ1n) is 11.5. The summed E-state index contributed by atoms with van der Waals surface area (Å²) in [6, 6.07) is 21.3. The van der Waals surface area contributed by atoms with Crippen molar-refractivity contribution in [3.63, 3.8) is 0 Å². The highest BCUT2D eigenvalue weighted by Crippen LogP contribution is 2.30. The number of benzene rings is 3. The van der Waals surface area contributed by atoms with Crippen molar-refractivity contribution in [3.05, 3.63) is 78.4 Å². The Bertz CT molecular complexity index is 1220. The van der Waals surface area contributed by atoms with Crippen molar-refractivity contribution >= 4 is 27.3 Å². The van der Waals surface area contributed by atoms with E-state index in [2.05, 4.69) is 14.9 Å². The summed E-state index contributed by atoms with van der Waals surface area (Å²) in [6.07, 6.45) is 2.73. The molecule has 0 saturated carbocycles. The molecule has 0 radical (unpaired) electrons. The van der Waals surface area contributed by atoms with Crippen LogP contribution in [0.3, 0.4) is 0 Å². The van der Waals surface area contributed by atoms with Crippen molar-refractivity contribution in [2.45, 2.75) is 31.1 Å². The molecule has 34 heavy (non-hydrogen) atoms. The van der Waals surface area contributed by atoms with Gasteiger partial charge >= 0.3 is 0 Å². The zero-order chi connectivity index (χ0) is 24.0. The van der Waals surface area contributed by atoms with E-state index >= 15 is 0 Å². The molecule has 1 amide bonds. The van der Waals surface area contributed by atoms with Crippen LogP contribution in [-0.2, 0) is 10.0 Å². The maximum atomic E-state index is 13.0. The molecular formula is C26H29N3O4S. The number of nitrogens with zero attached hydrogens (tertiary/aromatic N) is 1. The lowest BCUT2D eigenvalue weighted by Gasteiger charge is -2.22. The summed E-state index contributed by atoms with van der Waals surface area (Å²) in [5.74, 6) is 0.994. The fraction of sp³-hybridized carbons (Fsp3) is 0.269. The van der Waals surface area contributed by atoms with Gasteiger partial charge in [0.05, 0.1) is 5.69 Å². The fourth-order valence-corrected chi connectivity index (χ4v) is 5.22. The highest BCUT2D eigenvalue weighted by atomic mass is 32.2. The quantitative estimate of drug-likeness (QED) is 0.450. The lowest BCUT2D eigenvalue weighted by Crippen LogP contribution is -2.28. The van der Waals surface area contributed by atoms with Crippen LogP contribution in [0.15, 0.2) is 77.7 Å². The number of carbonyl (C=O) groups is 1. The van der Waals surface area contributed by atoms with Crippen molar-refractivity contribution in [3.8, 4) is 11.5 Å². The van der Waals surface area contributed by atoms with Gasteiger partial charge in [0.1, 0.15) is 16.4 Å². The molecule has 0 aromatic heterocycles. The maximum absolute atomic E-state index is 13.0. The van der Waals surface area contributed by atoms with Crippen LogP contribution in [0.4, 0.5) is 11.4 Å². The Morgan fingerprint density at radius 3 is 2.29 bits per heavy atom. The minimum Gasteiger partial charge on any atom is -0.457 e. The summed E-state index contributed by atoms with van der Waals surface area (Å²) in [5.41, 5.74) is 1.51. The van der Waals surface area contributed by atoms with Crippen LogP contribution in [-0.4, -0.2) is 34.0 Å². The predicted octanol–water partition coefficient (Wildman–Crippen LogP) is 5.02. The molecule has 4 rings (SSSR count). The number of anilines is 2.